The van der Waals surface area contributed by atoms with Crippen LogP contribution in [-0.4, -0.2) is 71.0 Å². The maximum atomic E-state index is 12.7. The molecule has 1 amide bonds. The molecule has 2 heterocycles. The summed E-state index contributed by atoms with van der Waals surface area (Å²) in [6.45, 7) is 3.54. The first-order chi connectivity index (χ1) is 14.7. The molecule has 3 aromatic rings. The quantitative estimate of drug-likeness (QED) is 0.633. The van der Waals surface area contributed by atoms with E-state index in [1.54, 1.807) is 23.9 Å². The molecule has 1 atom stereocenters. The van der Waals surface area contributed by atoms with Crippen molar-refractivity contribution in [1.29, 1.82) is 0 Å². The van der Waals surface area contributed by atoms with Crippen LogP contribution in [0.5, 0.6) is 5.75 Å². The van der Waals surface area contributed by atoms with E-state index in [0.717, 1.165) is 30.1 Å². The van der Waals surface area contributed by atoms with Crippen molar-refractivity contribution >= 4 is 5.91 Å². The van der Waals surface area contributed by atoms with E-state index in [0.29, 0.717) is 25.3 Å². The molecular formula is C21H24N6O3. The molecule has 30 heavy (non-hydrogen) atoms. The number of benzene rings is 2. The van der Waals surface area contributed by atoms with E-state index in [1.165, 1.54) is 6.33 Å². The van der Waals surface area contributed by atoms with Crippen LogP contribution in [0.2, 0.25) is 0 Å². The fraction of sp³-hybridized carbons (Fsp3) is 0.333. The molecule has 1 fully saturated rings. The number of hydrogen-bond donors (Lipinski definition) is 1. The van der Waals surface area contributed by atoms with Crippen molar-refractivity contribution in [2.24, 2.45) is 0 Å². The molecule has 0 radical (unpaired) electrons. The van der Waals surface area contributed by atoms with Crippen LogP contribution in [0.4, 0.5) is 0 Å². The van der Waals surface area contributed by atoms with Crippen LogP contribution in [-0.2, 0) is 4.74 Å². The number of methoxy groups -OCH3 is 1. The lowest BCUT2D eigenvalue weighted by Crippen LogP contribution is -2.43. The van der Waals surface area contributed by atoms with E-state index < -0.39 is 0 Å². The first-order valence-electron chi connectivity index (χ1n) is 9.82. The fourth-order valence-corrected chi connectivity index (χ4v) is 3.51. The summed E-state index contributed by atoms with van der Waals surface area (Å²) >= 11 is 0. The smallest absolute Gasteiger partial charge is 0.251 e. The van der Waals surface area contributed by atoms with Crippen LogP contribution in [0, 0.1) is 0 Å². The number of ether oxygens (including phenoxy) is 2. The molecule has 1 aromatic heterocycles. The van der Waals surface area contributed by atoms with Crippen LogP contribution >= 0.6 is 0 Å². The van der Waals surface area contributed by atoms with Crippen molar-refractivity contribution in [3.05, 3.63) is 66.0 Å². The first-order valence-corrected chi connectivity index (χ1v) is 9.82. The zero-order valence-electron chi connectivity index (χ0n) is 16.8. The maximum Gasteiger partial charge on any atom is 0.251 e. The van der Waals surface area contributed by atoms with Crippen molar-refractivity contribution in [2.75, 3.05) is 40.0 Å². The van der Waals surface area contributed by atoms with Gasteiger partial charge in [-0.05, 0) is 52.4 Å². The van der Waals surface area contributed by atoms with Crippen molar-refractivity contribution < 1.29 is 14.3 Å². The Hall–Kier alpha value is -3.30. The molecule has 0 unspecified atom stereocenters. The normalized spacial score (nSPS) is 15.5. The van der Waals surface area contributed by atoms with Crippen LogP contribution in [0.25, 0.3) is 5.69 Å². The van der Waals surface area contributed by atoms with Crippen molar-refractivity contribution in [3.63, 3.8) is 0 Å². The molecular weight excluding hydrogens is 384 g/mol. The summed E-state index contributed by atoms with van der Waals surface area (Å²) in [5.74, 6) is 0.691. The lowest BCUT2D eigenvalue weighted by atomic mass is 10.0. The predicted molar refractivity (Wildman–Crippen MR) is 110 cm³/mol. The number of rotatable bonds is 7. The number of hydrogen-bond acceptors (Lipinski definition) is 7. The number of tetrazole rings is 1. The molecule has 9 nitrogen and oxygen atoms in total. The van der Waals surface area contributed by atoms with Gasteiger partial charge in [-0.1, -0.05) is 12.1 Å². The molecule has 156 valence electrons. The highest BCUT2D eigenvalue weighted by Gasteiger charge is 2.23. The molecule has 1 aliphatic rings. The molecule has 1 saturated heterocycles. The summed E-state index contributed by atoms with van der Waals surface area (Å²) < 4.78 is 12.3. The summed E-state index contributed by atoms with van der Waals surface area (Å²) in [4.78, 5) is 15.1. The van der Waals surface area contributed by atoms with Crippen molar-refractivity contribution in [3.8, 4) is 11.4 Å². The Bertz CT molecular complexity index is 938. The number of amides is 1. The first kappa shape index (κ1) is 20.0. The van der Waals surface area contributed by atoms with Crippen molar-refractivity contribution in [1.82, 2.24) is 30.4 Å². The molecule has 0 spiro atoms. The second kappa shape index (κ2) is 9.47. The molecule has 0 bridgehead atoms. The summed E-state index contributed by atoms with van der Waals surface area (Å²) in [5.41, 5.74) is 2.51. The van der Waals surface area contributed by atoms with Gasteiger partial charge in [0.25, 0.3) is 5.91 Å². The SMILES string of the molecule is COc1ccc([C@H](CNC(=O)c2ccc(-n3cnnn3)cc2)N2CCOCC2)cc1. The van der Waals surface area contributed by atoms with Gasteiger partial charge in [0.2, 0.25) is 0 Å². The van der Waals surface area contributed by atoms with Crippen LogP contribution < -0.4 is 10.1 Å². The molecule has 4 rings (SSSR count). The van der Waals surface area contributed by atoms with Gasteiger partial charge in [0, 0.05) is 25.2 Å². The van der Waals surface area contributed by atoms with Gasteiger partial charge < -0.3 is 14.8 Å². The van der Waals surface area contributed by atoms with E-state index >= 15 is 0 Å². The van der Waals surface area contributed by atoms with Gasteiger partial charge >= 0.3 is 0 Å². The number of nitrogens with one attached hydrogen (secondary N) is 1. The number of carbonyl (C=O) groups is 1. The average Bonchev–Trinajstić information content (AvgIpc) is 3.35. The minimum absolute atomic E-state index is 0.0595. The fourth-order valence-electron chi connectivity index (χ4n) is 3.51. The Kier molecular flexibility index (Phi) is 6.31. The van der Waals surface area contributed by atoms with Crippen LogP contribution in [0.15, 0.2) is 54.9 Å². The Balaban J connectivity index is 1.45. The summed E-state index contributed by atoms with van der Waals surface area (Å²) in [6.07, 6.45) is 1.51. The summed E-state index contributed by atoms with van der Waals surface area (Å²) in [7, 11) is 1.65. The second-order valence-corrected chi connectivity index (χ2v) is 6.95. The van der Waals surface area contributed by atoms with Gasteiger partial charge in [-0.15, -0.1) is 5.10 Å². The topological polar surface area (TPSA) is 94.4 Å². The predicted octanol–water partition coefficient (Wildman–Crippen LogP) is 1.47. The number of nitrogens with zero attached hydrogens (tertiary/aromatic N) is 5. The summed E-state index contributed by atoms with van der Waals surface area (Å²) in [5, 5.41) is 14.2. The zero-order chi connectivity index (χ0) is 20.8. The third-order valence-corrected chi connectivity index (χ3v) is 5.19. The third-order valence-electron chi connectivity index (χ3n) is 5.19. The second-order valence-electron chi connectivity index (χ2n) is 6.95. The van der Waals surface area contributed by atoms with Gasteiger partial charge in [-0.2, -0.15) is 0 Å². The van der Waals surface area contributed by atoms with E-state index in [9.17, 15) is 4.79 Å². The Labute approximate surface area is 174 Å². The van der Waals surface area contributed by atoms with E-state index in [-0.39, 0.29) is 11.9 Å². The van der Waals surface area contributed by atoms with Gasteiger partial charge in [0.1, 0.15) is 12.1 Å². The Morgan fingerprint density at radius 3 is 2.50 bits per heavy atom. The van der Waals surface area contributed by atoms with Gasteiger partial charge in [0.05, 0.1) is 32.1 Å². The van der Waals surface area contributed by atoms with E-state index in [1.807, 2.05) is 36.4 Å². The number of carbonyl (C=O) groups excluding carboxylic acids is 1. The van der Waals surface area contributed by atoms with E-state index in [4.69, 9.17) is 9.47 Å². The van der Waals surface area contributed by atoms with Crippen LogP contribution in [0.3, 0.4) is 0 Å². The number of aromatic nitrogens is 4. The van der Waals surface area contributed by atoms with Gasteiger partial charge in [-0.25, -0.2) is 4.68 Å². The zero-order valence-corrected chi connectivity index (χ0v) is 16.8. The molecule has 0 saturated carbocycles. The molecule has 1 N–H and O–H groups in total. The lowest BCUT2D eigenvalue weighted by Gasteiger charge is -2.35. The Morgan fingerprint density at radius 1 is 1.13 bits per heavy atom. The highest BCUT2D eigenvalue weighted by molar-refractivity contribution is 5.94. The van der Waals surface area contributed by atoms with Crippen molar-refractivity contribution in [2.45, 2.75) is 6.04 Å². The molecule has 0 aliphatic carbocycles. The number of morpholine rings is 1. The maximum absolute atomic E-state index is 12.7. The lowest BCUT2D eigenvalue weighted by molar-refractivity contribution is 0.0162. The summed E-state index contributed by atoms with van der Waals surface area (Å²) in [6, 6.07) is 15.2. The standard InChI is InChI=1S/C21H24N6O3/c1-29-19-8-4-16(5-9-19)20(26-10-12-30-13-11-26)14-22-21(28)17-2-6-18(7-3-17)27-15-23-24-25-27/h2-9,15,20H,10-14H2,1H3,(H,22,28)/t20-/m0/s1. The Morgan fingerprint density at radius 2 is 1.87 bits per heavy atom. The minimum Gasteiger partial charge on any atom is -0.497 e. The third kappa shape index (κ3) is 4.64. The average molecular weight is 408 g/mol. The van der Waals surface area contributed by atoms with Gasteiger partial charge in [-0.3, -0.25) is 9.69 Å². The molecule has 1 aliphatic heterocycles. The van der Waals surface area contributed by atoms with Gasteiger partial charge in [0.15, 0.2) is 0 Å². The highest BCUT2D eigenvalue weighted by atomic mass is 16.5. The monoisotopic (exact) mass is 408 g/mol. The minimum atomic E-state index is -0.120. The molecule has 2 aromatic carbocycles. The largest absolute Gasteiger partial charge is 0.497 e. The van der Waals surface area contributed by atoms with E-state index in [2.05, 4.69) is 25.7 Å². The molecule has 9 heteroatoms. The van der Waals surface area contributed by atoms with Crippen LogP contribution in [0.1, 0.15) is 22.0 Å². The highest BCUT2D eigenvalue weighted by Crippen LogP contribution is 2.24.